The molecule has 1 aromatic rings. The first-order valence-corrected chi connectivity index (χ1v) is 10.8. The highest BCUT2D eigenvalue weighted by molar-refractivity contribution is 8.03. The van der Waals surface area contributed by atoms with E-state index in [4.69, 9.17) is 16.3 Å². The second-order valence-corrected chi connectivity index (χ2v) is 9.31. The smallest absolute Gasteiger partial charge is 0.316 e. The molecule has 29 heavy (non-hydrogen) atoms. The molecule has 152 valence electrons. The van der Waals surface area contributed by atoms with Crippen LogP contribution in [0, 0.1) is 16.7 Å². The number of benzene rings is 1. The summed E-state index contributed by atoms with van der Waals surface area (Å²) in [7, 11) is 0. The van der Waals surface area contributed by atoms with Gasteiger partial charge >= 0.3 is 5.97 Å². The van der Waals surface area contributed by atoms with Crippen LogP contribution in [0.15, 0.2) is 46.1 Å². The molecule has 0 spiro atoms. The fourth-order valence-corrected chi connectivity index (χ4v) is 4.80. The maximum atomic E-state index is 13.1. The van der Waals surface area contributed by atoms with Crippen molar-refractivity contribution >= 4 is 35.1 Å². The van der Waals surface area contributed by atoms with E-state index in [2.05, 4.69) is 25.2 Å². The highest BCUT2D eigenvalue weighted by atomic mass is 35.5. The van der Waals surface area contributed by atoms with Gasteiger partial charge in [0, 0.05) is 22.7 Å². The van der Waals surface area contributed by atoms with E-state index in [1.165, 1.54) is 11.8 Å². The Morgan fingerprint density at radius 1 is 1.34 bits per heavy atom. The van der Waals surface area contributed by atoms with Gasteiger partial charge in [-0.25, -0.2) is 0 Å². The van der Waals surface area contributed by atoms with E-state index >= 15 is 0 Å². The van der Waals surface area contributed by atoms with Gasteiger partial charge in [-0.1, -0.05) is 49.3 Å². The number of halogens is 1. The molecule has 0 aromatic heterocycles. The number of nitriles is 1. The van der Waals surface area contributed by atoms with Crippen molar-refractivity contribution in [3.8, 4) is 6.07 Å². The molecule has 0 fully saturated rings. The summed E-state index contributed by atoms with van der Waals surface area (Å²) in [6, 6.07) is 9.49. The largest absolute Gasteiger partial charge is 0.465 e. The summed E-state index contributed by atoms with van der Waals surface area (Å²) in [6.45, 7) is 6.18. The lowest BCUT2D eigenvalue weighted by Crippen LogP contribution is -2.37. The van der Waals surface area contributed by atoms with Gasteiger partial charge < -0.3 is 10.1 Å². The predicted octanol–water partition coefficient (Wildman–Crippen LogP) is 4.70. The van der Waals surface area contributed by atoms with Crippen molar-refractivity contribution < 1.29 is 14.3 Å². The van der Waals surface area contributed by atoms with E-state index in [0.29, 0.717) is 40.6 Å². The first-order valence-electron chi connectivity index (χ1n) is 9.47. The maximum absolute atomic E-state index is 13.1. The third-order valence-electron chi connectivity index (χ3n) is 4.97. The maximum Gasteiger partial charge on any atom is 0.316 e. The van der Waals surface area contributed by atoms with Crippen LogP contribution in [0.2, 0.25) is 5.02 Å². The average Bonchev–Trinajstić information content (AvgIpc) is 2.65. The van der Waals surface area contributed by atoms with Gasteiger partial charge in [0.2, 0.25) is 0 Å². The Balaban J connectivity index is 2.06. The van der Waals surface area contributed by atoms with E-state index in [1.807, 2.05) is 12.1 Å². The van der Waals surface area contributed by atoms with Crippen molar-refractivity contribution in [3.05, 3.63) is 56.7 Å². The molecule has 1 N–H and O–H groups in total. The summed E-state index contributed by atoms with van der Waals surface area (Å²) in [5.41, 5.74) is 2.57. The number of rotatable bonds is 5. The van der Waals surface area contributed by atoms with Crippen molar-refractivity contribution in [1.29, 1.82) is 5.26 Å². The van der Waals surface area contributed by atoms with Crippen molar-refractivity contribution in [2.75, 3.05) is 12.4 Å². The number of dihydropyridines is 1. The number of Topliss-reactive ketones (excluding diaryl/α,β-unsaturated/α-hetero) is 1. The van der Waals surface area contributed by atoms with Crippen LogP contribution in [0.4, 0.5) is 0 Å². The minimum atomic E-state index is -0.471. The van der Waals surface area contributed by atoms with Crippen LogP contribution in [-0.2, 0) is 14.3 Å². The number of thioether (sulfide) groups is 1. The SMILES string of the molecule is CCOC(=O)CSC1=C(C#N)C(c2ccc(Cl)cc2)C2=C(CC(C)(C)CC2=O)N1. The molecular formula is C22H23ClN2O3S. The van der Waals surface area contributed by atoms with E-state index in [-0.39, 0.29) is 22.9 Å². The number of carbonyl (C=O) groups excluding carboxylic acids is 2. The van der Waals surface area contributed by atoms with Gasteiger partial charge in [0.1, 0.15) is 0 Å². The molecule has 0 saturated carbocycles. The van der Waals surface area contributed by atoms with E-state index in [1.54, 1.807) is 19.1 Å². The number of nitrogens with zero attached hydrogens (tertiary/aromatic N) is 1. The van der Waals surface area contributed by atoms with Crippen LogP contribution < -0.4 is 5.32 Å². The van der Waals surface area contributed by atoms with Gasteiger partial charge in [0.05, 0.1) is 34.9 Å². The highest BCUT2D eigenvalue weighted by Gasteiger charge is 2.41. The molecule has 1 aromatic carbocycles. The molecule has 1 aliphatic carbocycles. The fraction of sp³-hybridized carbons (Fsp3) is 0.409. The molecule has 1 aliphatic heterocycles. The van der Waals surface area contributed by atoms with Crippen LogP contribution in [0.25, 0.3) is 0 Å². The number of esters is 1. The Hall–Kier alpha value is -2.23. The number of hydrogen-bond donors (Lipinski definition) is 1. The molecule has 0 radical (unpaired) electrons. The standard InChI is InChI=1S/C22H23ClN2O3S/c1-4-28-18(27)12-29-21-15(11-24)19(13-5-7-14(23)8-6-13)20-16(25-21)9-22(2,3)10-17(20)26/h5-8,19,25H,4,9-10,12H2,1-3H3. The van der Waals surface area contributed by atoms with Gasteiger partial charge in [0.15, 0.2) is 5.78 Å². The van der Waals surface area contributed by atoms with Gasteiger partial charge in [-0.3, -0.25) is 9.59 Å². The quantitative estimate of drug-likeness (QED) is 0.682. The monoisotopic (exact) mass is 430 g/mol. The molecule has 1 unspecified atom stereocenters. The Labute approximate surface area is 180 Å². The zero-order valence-corrected chi connectivity index (χ0v) is 18.2. The molecule has 1 heterocycles. The third kappa shape index (κ3) is 4.68. The first-order chi connectivity index (χ1) is 13.8. The van der Waals surface area contributed by atoms with E-state index in [0.717, 1.165) is 11.3 Å². The normalized spacial score (nSPS) is 20.7. The summed E-state index contributed by atoms with van der Waals surface area (Å²) < 4.78 is 5.01. The fourth-order valence-electron chi connectivity index (χ4n) is 3.81. The molecule has 7 heteroatoms. The minimum Gasteiger partial charge on any atom is -0.465 e. The summed E-state index contributed by atoms with van der Waals surface area (Å²) in [6.07, 6.45) is 1.13. The molecule has 0 amide bonds. The Morgan fingerprint density at radius 2 is 2.03 bits per heavy atom. The third-order valence-corrected chi connectivity index (χ3v) is 6.21. The first kappa shape index (κ1) is 21.5. The predicted molar refractivity (Wildman–Crippen MR) is 114 cm³/mol. The van der Waals surface area contributed by atoms with E-state index in [9.17, 15) is 14.9 Å². The topological polar surface area (TPSA) is 79.2 Å². The van der Waals surface area contributed by atoms with Crippen molar-refractivity contribution in [1.82, 2.24) is 5.32 Å². The van der Waals surface area contributed by atoms with Gasteiger partial charge in [-0.05, 0) is 36.5 Å². The number of hydrogen-bond acceptors (Lipinski definition) is 6. The second-order valence-electron chi connectivity index (χ2n) is 7.89. The zero-order chi connectivity index (χ0) is 21.2. The number of nitrogens with one attached hydrogen (secondary N) is 1. The lowest BCUT2D eigenvalue weighted by Gasteiger charge is -2.39. The second kappa shape index (κ2) is 8.64. The molecule has 5 nitrogen and oxygen atoms in total. The van der Waals surface area contributed by atoms with Crippen molar-refractivity contribution in [2.24, 2.45) is 5.41 Å². The molecule has 0 saturated heterocycles. The van der Waals surface area contributed by atoms with Crippen LogP contribution in [0.3, 0.4) is 0 Å². The highest BCUT2D eigenvalue weighted by Crippen LogP contribution is 2.47. The van der Waals surface area contributed by atoms with Crippen LogP contribution >= 0.6 is 23.4 Å². The van der Waals surface area contributed by atoms with Gasteiger partial charge in [-0.15, -0.1) is 0 Å². The molecular weight excluding hydrogens is 408 g/mol. The Morgan fingerprint density at radius 3 is 2.66 bits per heavy atom. The summed E-state index contributed by atoms with van der Waals surface area (Å²) in [5.74, 6) is -0.672. The number of ketones is 1. The summed E-state index contributed by atoms with van der Waals surface area (Å²) >= 11 is 7.28. The van der Waals surface area contributed by atoms with Gasteiger partial charge in [-0.2, -0.15) is 5.26 Å². The minimum absolute atomic E-state index is 0.0471. The number of ether oxygens (including phenoxy) is 1. The van der Waals surface area contributed by atoms with Crippen LogP contribution in [0.1, 0.15) is 45.1 Å². The van der Waals surface area contributed by atoms with E-state index < -0.39 is 5.92 Å². The van der Waals surface area contributed by atoms with Crippen molar-refractivity contribution in [2.45, 2.75) is 39.5 Å². The van der Waals surface area contributed by atoms with Crippen LogP contribution in [-0.4, -0.2) is 24.1 Å². The molecule has 0 bridgehead atoms. The van der Waals surface area contributed by atoms with Crippen LogP contribution in [0.5, 0.6) is 0 Å². The Bertz CT molecular complexity index is 942. The summed E-state index contributed by atoms with van der Waals surface area (Å²) in [5, 5.41) is 14.4. The number of carbonyl (C=O) groups is 2. The van der Waals surface area contributed by atoms with Gasteiger partial charge in [0.25, 0.3) is 0 Å². The Kier molecular flexibility index (Phi) is 6.40. The average molecular weight is 431 g/mol. The molecule has 2 aliphatic rings. The molecule has 1 atom stereocenters. The summed E-state index contributed by atoms with van der Waals surface area (Å²) in [4.78, 5) is 24.9. The lowest BCUT2D eigenvalue weighted by atomic mass is 9.69. The lowest BCUT2D eigenvalue weighted by molar-refractivity contribution is -0.139. The molecule has 3 rings (SSSR count). The van der Waals surface area contributed by atoms with Crippen molar-refractivity contribution in [3.63, 3.8) is 0 Å². The number of allylic oxidation sites excluding steroid dienone is 3. The zero-order valence-electron chi connectivity index (χ0n) is 16.7.